The first-order valence-electron chi connectivity index (χ1n) is 2.80. The molecule has 0 spiro atoms. The number of aromatic nitrogens is 1. The minimum atomic E-state index is 0.947. The lowest BCUT2D eigenvalue weighted by Gasteiger charge is -1.95. The van der Waals surface area contributed by atoms with Gasteiger partial charge < -0.3 is 0 Å². The van der Waals surface area contributed by atoms with Crippen LogP contribution in [0.5, 0.6) is 0 Å². The van der Waals surface area contributed by atoms with E-state index in [0.717, 1.165) is 10.3 Å². The molecule has 0 saturated heterocycles. The SMILES string of the molecule is Cc1ccc(C)c(Br)n1. The fraction of sp³-hybridized carbons (Fsp3) is 0.286. The Hall–Kier alpha value is -0.370. The predicted molar refractivity (Wildman–Crippen MR) is 41.4 cm³/mol. The maximum atomic E-state index is 4.19. The average Bonchev–Trinajstić information content (AvgIpc) is 1.80. The van der Waals surface area contributed by atoms with Gasteiger partial charge in [-0.15, -0.1) is 0 Å². The molecular formula is C7H8BrN. The molecule has 0 aliphatic carbocycles. The maximum Gasteiger partial charge on any atom is 0.109 e. The van der Waals surface area contributed by atoms with Crippen LogP contribution in [-0.2, 0) is 0 Å². The van der Waals surface area contributed by atoms with Crippen LogP contribution in [0, 0.1) is 13.8 Å². The van der Waals surface area contributed by atoms with E-state index in [1.54, 1.807) is 0 Å². The van der Waals surface area contributed by atoms with Crippen molar-refractivity contribution in [2.75, 3.05) is 0 Å². The summed E-state index contributed by atoms with van der Waals surface area (Å²) in [6, 6.07) is 4.05. The zero-order valence-corrected chi connectivity index (χ0v) is 7.07. The van der Waals surface area contributed by atoms with Crippen LogP contribution in [-0.4, -0.2) is 4.98 Å². The Morgan fingerprint density at radius 3 is 2.44 bits per heavy atom. The molecule has 9 heavy (non-hydrogen) atoms. The van der Waals surface area contributed by atoms with Gasteiger partial charge >= 0.3 is 0 Å². The van der Waals surface area contributed by atoms with Crippen molar-refractivity contribution in [1.82, 2.24) is 4.98 Å². The van der Waals surface area contributed by atoms with E-state index >= 15 is 0 Å². The first kappa shape index (κ1) is 6.75. The van der Waals surface area contributed by atoms with Crippen molar-refractivity contribution in [2.45, 2.75) is 13.8 Å². The lowest BCUT2D eigenvalue weighted by molar-refractivity contribution is 1.13. The topological polar surface area (TPSA) is 12.9 Å². The first-order chi connectivity index (χ1) is 4.20. The summed E-state index contributed by atoms with van der Waals surface area (Å²) in [5.74, 6) is 0. The molecule has 2 heteroatoms. The summed E-state index contributed by atoms with van der Waals surface area (Å²) in [6.45, 7) is 4.00. The van der Waals surface area contributed by atoms with Crippen LogP contribution in [0.2, 0.25) is 0 Å². The highest BCUT2D eigenvalue weighted by molar-refractivity contribution is 9.10. The Labute approximate surface area is 63.2 Å². The first-order valence-corrected chi connectivity index (χ1v) is 3.59. The van der Waals surface area contributed by atoms with Crippen molar-refractivity contribution in [3.63, 3.8) is 0 Å². The lowest BCUT2D eigenvalue weighted by atomic mass is 10.3. The summed E-state index contributed by atoms with van der Waals surface area (Å²) in [5.41, 5.74) is 2.23. The van der Waals surface area contributed by atoms with Crippen LogP contribution in [0.3, 0.4) is 0 Å². The molecule has 1 aromatic heterocycles. The van der Waals surface area contributed by atoms with Gasteiger partial charge in [0, 0.05) is 5.69 Å². The number of pyridine rings is 1. The Morgan fingerprint density at radius 1 is 1.33 bits per heavy atom. The fourth-order valence-corrected chi connectivity index (χ4v) is 1.01. The van der Waals surface area contributed by atoms with Crippen LogP contribution < -0.4 is 0 Å². The minimum absolute atomic E-state index is 0.947. The number of halogens is 1. The van der Waals surface area contributed by atoms with E-state index in [9.17, 15) is 0 Å². The van der Waals surface area contributed by atoms with Crippen molar-refractivity contribution in [3.05, 3.63) is 28.0 Å². The van der Waals surface area contributed by atoms with Crippen molar-refractivity contribution >= 4 is 15.9 Å². The van der Waals surface area contributed by atoms with Gasteiger partial charge in [0.2, 0.25) is 0 Å². The second kappa shape index (κ2) is 2.48. The number of aryl methyl sites for hydroxylation is 2. The molecule has 0 saturated carbocycles. The van der Waals surface area contributed by atoms with Crippen LogP contribution in [0.25, 0.3) is 0 Å². The summed E-state index contributed by atoms with van der Waals surface area (Å²) in [5, 5.41) is 0. The molecule has 0 radical (unpaired) electrons. The van der Waals surface area contributed by atoms with Crippen LogP contribution in [0.4, 0.5) is 0 Å². The molecule has 1 rings (SSSR count). The second-order valence-electron chi connectivity index (χ2n) is 2.06. The van der Waals surface area contributed by atoms with Gasteiger partial charge in [-0.1, -0.05) is 6.07 Å². The van der Waals surface area contributed by atoms with E-state index in [2.05, 4.69) is 20.9 Å². The van der Waals surface area contributed by atoms with E-state index < -0.39 is 0 Å². The number of hydrogen-bond acceptors (Lipinski definition) is 1. The third-order valence-electron chi connectivity index (χ3n) is 1.17. The molecule has 0 bridgehead atoms. The van der Waals surface area contributed by atoms with E-state index in [-0.39, 0.29) is 0 Å². The Morgan fingerprint density at radius 2 is 2.00 bits per heavy atom. The molecular weight excluding hydrogens is 178 g/mol. The smallest absolute Gasteiger partial charge is 0.109 e. The molecule has 1 heterocycles. The minimum Gasteiger partial charge on any atom is -0.246 e. The number of hydrogen-bond donors (Lipinski definition) is 0. The summed E-state index contributed by atoms with van der Waals surface area (Å²) in [4.78, 5) is 4.19. The summed E-state index contributed by atoms with van der Waals surface area (Å²) in [6.07, 6.45) is 0. The fourth-order valence-electron chi connectivity index (χ4n) is 0.595. The molecule has 1 nitrogen and oxygen atoms in total. The highest BCUT2D eigenvalue weighted by Crippen LogP contribution is 2.11. The molecule has 0 aliphatic heterocycles. The van der Waals surface area contributed by atoms with E-state index in [0.29, 0.717) is 0 Å². The van der Waals surface area contributed by atoms with Gasteiger partial charge in [-0.25, -0.2) is 4.98 Å². The average molecular weight is 186 g/mol. The van der Waals surface area contributed by atoms with Crippen LogP contribution in [0.15, 0.2) is 16.7 Å². The molecule has 48 valence electrons. The number of nitrogens with zero attached hydrogens (tertiary/aromatic N) is 1. The normalized spacial score (nSPS) is 9.67. The van der Waals surface area contributed by atoms with Gasteiger partial charge in [0.1, 0.15) is 4.60 Å². The van der Waals surface area contributed by atoms with Gasteiger partial charge in [-0.05, 0) is 41.4 Å². The number of rotatable bonds is 0. The molecule has 0 N–H and O–H groups in total. The van der Waals surface area contributed by atoms with Gasteiger partial charge in [0.25, 0.3) is 0 Å². The summed E-state index contributed by atoms with van der Waals surface area (Å²) >= 11 is 3.33. The highest BCUT2D eigenvalue weighted by atomic mass is 79.9. The third kappa shape index (κ3) is 1.52. The Bertz CT molecular complexity index is 220. The monoisotopic (exact) mass is 185 g/mol. The second-order valence-corrected chi connectivity index (χ2v) is 2.81. The molecule has 0 amide bonds. The Kier molecular flexibility index (Phi) is 1.86. The van der Waals surface area contributed by atoms with E-state index in [1.165, 1.54) is 5.56 Å². The molecule has 0 aliphatic rings. The third-order valence-corrected chi connectivity index (χ3v) is 1.98. The largest absolute Gasteiger partial charge is 0.246 e. The highest BCUT2D eigenvalue weighted by Gasteiger charge is 1.92. The lowest BCUT2D eigenvalue weighted by Crippen LogP contribution is -1.83. The van der Waals surface area contributed by atoms with Crippen LogP contribution >= 0.6 is 15.9 Å². The van der Waals surface area contributed by atoms with Crippen LogP contribution in [0.1, 0.15) is 11.3 Å². The Balaban J connectivity index is 3.17. The molecule has 0 aromatic carbocycles. The molecule has 1 aromatic rings. The molecule has 0 fully saturated rings. The zero-order chi connectivity index (χ0) is 6.85. The molecule has 0 atom stereocenters. The summed E-state index contributed by atoms with van der Waals surface area (Å²) in [7, 11) is 0. The van der Waals surface area contributed by atoms with Crippen molar-refractivity contribution in [2.24, 2.45) is 0 Å². The van der Waals surface area contributed by atoms with Crippen molar-refractivity contribution in [3.8, 4) is 0 Å². The quantitative estimate of drug-likeness (QED) is 0.567. The van der Waals surface area contributed by atoms with Gasteiger partial charge in [0.15, 0.2) is 0 Å². The zero-order valence-electron chi connectivity index (χ0n) is 5.48. The van der Waals surface area contributed by atoms with Gasteiger partial charge in [-0.3, -0.25) is 0 Å². The van der Waals surface area contributed by atoms with Crippen molar-refractivity contribution in [1.29, 1.82) is 0 Å². The van der Waals surface area contributed by atoms with Gasteiger partial charge in [0.05, 0.1) is 0 Å². The predicted octanol–water partition coefficient (Wildman–Crippen LogP) is 2.46. The standard InChI is InChI=1S/C7H8BrN/c1-5-3-4-6(2)9-7(5)8/h3-4H,1-2H3. The van der Waals surface area contributed by atoms with Crippen molar-refractivity contribution < 1.29 is 0 Å². The summed E-state index contributed by atoms with van der Waals surface area (Å²) < 4.78 is 0.947. The van der Waals surface area contributed by atoms with E-state index in [4.69, 9.17) is 0 Å². The molecule has 0 unspecified atom stereocenters. The maximum absolute atomic E-state index is 4.19. The van der Waals surface area contributed by atoms with E-state index in [1.807, 2.05) is 26.0 Å². The van der Waals surface area contributed by atoms with Gasteiger partial charge in [-0.2, -0.15) is 0 Å².